The van der Waals surface area contributed by atoms with Crippen LogP contribution in [0, 0.1) is 17.2 Å². The molecule has 0 fully saturated rings. The van der Waals surface area contributed by atoms with Crippen molar-refractivity contribution in [3.05, 3.63) is 65.8 Å². The molecule has 0 amide bonds. The van der Waals surface area contributed by atoms with Gasteiger partial charge in [-0.3, -0.25) is 0 Å². The molecule has 2 N–H and O–H groups in total. The second-order valence-electron chi connectivity index (χ2n) is 5.21. The fourth-order valence-electron chi connectivity index (χ4n) is 1.93. The third kappa shape index (κ3) is 5.81. The van der Waals surface area contributed by atoms with E-state index in [2.05, 4.69) is 38.6 Å². The standard InChI is InChI=1S/C19H24N2/c1-4-15(2)13-17(11-12-20)6-5-16(3)19-9-7-18(14-21)8-10-19/h5-10,13,15H,3-4,11-12,20H2,1-2H3/b6-5-,17-13+. The van der Waals surface area contributed by atoms with E-state index in [4.69, 9.17) is 11.0 Å². The number of hydrogen-bond acceptors (Lipinski definition) is 2. The topological polar surface area (TPSA) is 49.8 Å². The third-order valence-electron chi connectivity index (χ3n) is 3.46. The molecule has 0 bridgehead atoms. The molecule has 1 aromatic carbocycles. The molecule has 2 heteroatoms. The molecule has 0 aromatic heterocycles. The molecule has 0 radical (unpaired) electrons. The van der Waals surface area contributed by atoms with Crippen LogP contribution in [0.1, 0.15) is 37.8 Å². The quantitative estimate of drug-likeness (QED) is 0.750. The predicted octanol–water partition coefficient (Wildman–Crippen LogP) is 4.45. The average Bonchev–Trinajstić information content (AvgIpc) is 2.52. The van der Waals surface area contributed by atoms with Gasteiger partial charge in [-0.2, -0.15) is 5.26 Å². The molecule has 0 aliphatic rings. The van der Waals surface area contributed by atoms with Crippen LogP contribution in [0.25, 0.3) is 5.57 Å². The van der Waals surface area contributed by atoms with E-state index in [9.17, 15) is 0 Å². The van der Waals surface area contributed by atoms with E-state index >= 15 is 0 Å². The van der Waals surface area contributed by atoms with Gasteiger partial charge in [0.25, 0.3) is 0 Å². The first-order valence-corrected chi connectivity index (χ1v) is 7.39. The summed E-state index contributed by atoms with van der Waals surface area (Å²) in [5.74, 6) is 0.555. The molecule has 0 spiro atoms. The summed E-state index contributed by atoms with van der Waals surface area (Å²) in [6, 6.07) is 9.58. The molecule has 0 saturated carbocycles. The Morgan fingerprint density at radius 2 is 2.00 bits per heavy atom. The van der Waals surface area contributed by atoms with E-state index in [1.807, 2.05) is 30.3 Å². The zero-order chi connectivity index (χ0) is 15.7. The molecular formula is C19H24N2. The summed E-state index contributed by atoms with van der Waals surface area (Å²) in [5.41, 5.74) is 9.55. The first kappa shape index (κ1) is 16.9. The van der Waals surface area contributed by atoms with Crippen molar-refractivity contribution in [2.24, 2.45) is 11.7 Å². The molecule has 0 aliphatic carbocycles. The van der Waals surface area contributed by atoms with Gasteiger partial charge >= 0.3 is 0 Å². The molecule has 0 heterocycles. The fourth-order valence-corrected chi connectivity index (χ4v) is 1.93. The highest BCUT2D eigenvalue weighted by Gasteiger charge is 1.99. The lowest BCUT2D eigenvalue weighted by molar-refractivity contribution is 0.690. The maximum atomic E-state index is 8.80. The van der Waals surface area contributed by atoms with Crippen LogP contribution in [0.2, 0.25) is 0 Å². The lowest BCUT2D eigenvalue weighted by Gasteiger charge is -2.06. The number of hydrogen-bond donors (Lipinski definition) is 1. The number of nitrogens with zero attached hydrogens (tertiary/aromatic N) is 1. The first-order valence-electron chi connectivity index (χ1n) is 7.39. The van der Waals surface area contributed by atoms with Gasteiger partial charge in [0, 0.05) is 0 Å². The average molecular weight is 280 g/mol. The minimum absolute atomic E-state index is 0.555. The fraction of sp³-hybridized carbons (Fsp3) is 0.316. The minimum Gasteiger partial charge on any atom is -0.330 e. The van der Waals surface area contributed by atoms with Crippen LogP contribution in [0.3, 0.4) is 0 Å². The van der Waals surface area contributed by atoms with Crippen LogP contribution >= 0.6 is 0 Å². The summed E-state index contributed by atoms with van der Waals surface area (Å²) < 4.78 is 0. The highest BCUT2D eigenvalue weighted by Crippen LogP contribution is 2.17. The summed E-state index contributed by atoms with van der Waals surface area (Å²) in [7, 11) is 0. The maximum Gasteiger partial charge on any atom is 0.0991 e. The van der Waals surface area contributed by atoms with Gasteiger partial charge < -0.3 is 5.73 Å². The number of allylic oxidation sites excluding steroid dienone is 4. The summed E-state index contributed by atoms with van der Waals surface area (Å²) >= 11 is 0. The Hall–Kier alpha value is -2.11. The molecular weight excluding hydrogens is 256 g/mol. The SMILES string of the molecule is C=C(/C=C\C(=C/C(C)CC)CCN)c1ccc(C#N)cc1. The molecule has 2 nitrogen and oxygen atoms in total. The summed E-state index contributed by atoms with van der Waals surface area (Å²) in [5, 5.41) is 8.80. The van der Waals surface area contributed by atoms with Gasteiger partial charge in [0.05, 0.1) is 11.6 Å². The Labute approximate surface area is 128 Å². The van der Waals surface area contributed by atoms with Crippen molar-refractivity contribution in [2.75, 3.05) is 6.54 Å². The van der Waals surface area contributed by atoms with E-state index < -0.39 is 0 Å². The van der Waals surface area contributed by atoms with Crippen LogP contribution in [-0.2, 0) is 0 Å². The second kappa shape index (κ2) is 8.94. The van der Waals surface area contributed by atoms with E-state index in [1.54, 1.807) is 0 Å². The zero-order valence-corrected chi connectivity index (χ0v) is 13.0. The van der Waals surface area contributed by atoms with E-state index in [-0.39, 0.29) is 0 Å². The van der Waals surface area contributed by atoms with Crippen LogP contribution < -0.4 is 5.73 Å². The van der Waals surface area contributed by atoms with Crippen molar-refractivity contribution in [1.82, 2.24) is 0 Å². The Kier molecular flexibility index (Phi) is 7.21. The number of benzene rings is 1. The van der Waals surface area contributed by atoms with E-state index in [1.165, 1.54) is 5.57 Å². The normalized spacial score (nSPS) is 13.1. The molecule has 0 saturated heterocycles. The number of rotatable bonds is 7. The van der Waals surface area contributed by atoms with Crippen molar-refractivity contribution >= 4 is 5.57 Å². The predicted molar refractivity (Wildman–Crippen MR) is 90.5 cm³/mol. The van der Waals surface area contributed by atoms with Crippen molar-refractivity contribution in [3.63, 3.8) is 0 Å². The molecule has 1 rings (SSSR count). The Balaban J connectivity index is 2.82. The molecule has 110 valence electrons. The highest BCUT2D eigenvalue weighted by atomic mass is 14.5. The van der Waals surface area contributed by atoms with Gasteiger partial charge in [-0.15, -0.1) is 0 Å². The third-order valence-corrected chi connectivity index (χ3v) is 3.46. The monoisotopic (exact) mass is 280 g/mol. The Morgan fingerprint density at radius 3 is 2.52 bits per heavy atom. The van der Waals surface area contributed by atoms with Crippen LogP contribution in [0.5, 0.6) is 0 Å². The molecule has 1 atom stereocenters. The zero-order valence-electron chi connectivity index (χ0n) is 13.0. The molecule has 21 heavy (non-hydrogen) atoms. The van der Waals surface area contributed by atoms with Gasteiger partial charge in [-0.05, 0) is 42.2 Å². The minimum atomic E-state index is 0.555. The second-order valence-corrected chi connectivity index (χ2v) is 5.21. The van der Waals surface area contributed by atoms with Gasteiger partial charge in [-0.25, -0.2) is 0 Å². The largest absolute Gasteiger partial charge is 0.330 e. The van der Waals surface area contributed by atoms with Crippen molar-refractivity contribution in [3.8, 4) is 6.07 Å². The lowest BCUT2D eigenvalue weighted by atomic mass is 10.0. The van der Waals surface area contributed by atoms with Gasteiger partial charge in [-0.1, -0.05) is 62.8 Å². The molecule has 1 aromatic rings. The Bertz CT molecular complexity index is 556. The smallest absolute Gasteiger partial charge is 0.0991 e. The summed E-state index contributed by atoms with van der Waals surface area (Å²) in [4.78, 5) is 0. The number of nitrogens with two attached hydrogens (primary N) is 1. The van der Waals surface area contributed by atoms with Crippen molar-refractivity contribution < 1.29 is 0 Å². The summed E-state index contributed by atoms with van der Waals surface area (Å²) in [6.07, 6.45) is 8.39. The van der Waals surface area contributed by atoms with Crippen molar-refractivity contribution in [1.29, 1.82) is 5.26 Å². The highest BCUT2D eigenvalue weighted by molar-refractivity contribution is 5.72. The lowest BCUT2D eigenvalue weighted by Crippen LogP contribution is -2.00. The molecule has 1 unspecified atom stereocenters. The molecule has 0 aliphatic heterocycles. The van der Waals surface area contributed by atoms with Crippen LogP contribution in [0.15, 0.2) is 54.6 Å². The van der Waals surface area contributed by atoms with Crippen LogP contribution in [0.4, 0.5) is 0 Å². The van der Waals surface area contributed by atoms with Gasteiger partial charge in [0.1, 0.15) is 0 Å². The summed E-state index contributed by atoms with van der Waals surface area (Å²) in [6.45, 7) is 9.12. The first-order chi connectivity index (χ1) is 10.1. The van der Waals surface area contributed by atoms with E-state index in [0.29, 0.717) is 18.0 Å². The Morgan fingerprint density at radius 1 is 1.33 bits per heavy atom. The van der Waals surface area contributed by atoms with Crippen molar-refractivity contribution in [2.45, 2.75) is 26.7 Å². The maximum absolute atomic E-state index is 8.80. The van der Waals surface area contributed by atoms with Gasteiger partial charge in [0.15, 0.2) is 0 Å². The van der Waals surface area contributed by atoms with Crippen LogP contribution in [-0.4, -0.2) is 6.54 Å². The van der Waals surface area contributed by atoms with Gasteiger partial charge in [0.2, 0.25) is 0 Å². The number of nitriles is 1. The van der Waals surface area contributed by atoms with E-state index in [0.717, 1.165) is 24.0 Å².